The molecule has 1 heterocycles. The smallest absolute Gasteiger partial charge is 0.119 e. The van der Waals surface area contributed by atoms with Crippen molar-refractivity contribution in [2.45, 2.75) is 32.4 Å². The number of nitrogens with zero attached hydrogens (tertiary/aromatic N) is 1. The Hall–Kier alpha value is -1.06. The van der Waals surface area contributed by atoms with Gasteiger partial charge in [0.1, 0.15) is 5.75 Å². The molecule has 110 valence electrons. The van der Waals surface area contributed by atoms with Crippen LogP contribution in [0, 0.1) is 11.8 Å². The lowest BCUT2D eigenvalue weighted by Gasteiger charge is -2.29. The van der Waals surface area contributed by atoms with Gasteiger partial charge in [0.2, 0.25) is 0 Å². The second kappa shape index (κ2) is 5.38. The van der Waals surface area contributed by atoms with Gasteiger partial charge >= 0.3 is 0 Å². The summed E-state index contributed by atoms with van der Waals surface area (Å²) in [4.78, 5) is 2.68. The van der Waals surface area contributed by atoms with Gasteiger partial charge in [0, 0.05) is 25.2 Å². The summed E-state index contributed by atoms with van der Waals surface area (Å²) < 4.78 is 5.39. The molecular formula is C17H26N2O. The Morgan fingerprint density at radius 3 is 2.50 bits per heavy atom. The molecular weight excluding hydrogens is 248 g/mol. The van der Waals surface area contributed by atoms with Gasteiger partial charge < -0.3 is 10.1 Å². The van der Waals surface area contributed by atoms with E-state index in [0.717, 1.165) is 24.0 Å². The maximum absolute atomic E-state index is 5.39. The Bertz CT molecular complexity index is 478. The van der Waals surface area contributed by atoms with Crippen molar-refractivity contribution in [2.75, 3.05) is 27.2 Å². The Morgan fingerprint density at radius 2 is 1.90 bits per heavy atom. The SMILES string of the molecule is CNC1c2cc(OC)ccc2CC1N1CC(C)C(C)C1. The maximum atomic E-state index is 5.39. The van der Waals surface area contributed by atoms with Gasteiger partial charge in [0.05, 0.1) is 7.11 Å². The lowest BCUT2D eigenvalue weighted by atomic mass is 10.0. The molecule has 3 nitrogen and oxygen atoms in total. The molecule has 20 heavy (non-hydrogen) atoms. The van der Waals surface area contributed by atoms with Gasteiger partial charge in [-0.1, -0.05) is 19.9 Å². The number of nitrogens with one attached hydrogen (secondary N) is 1. The monoisotopic (exact) mass is 274 g/mol. The lowest BCUT2D eigenvalue weighted by Crippen LogP contribution is -2.41. The molecule has 0 aromatic heterocycles. The molecule has 2 aliphatic rings. The van der Waals surface area contributed by atoms with E-state index in [1.807, 2.05) is 0 Å². The average molecular weight is 274 g/mol. The third kappa shape index (κ3) is 2.23. The Morgan fingerprint density at radius 1 is 1.20 bits per heavy atom. The van der Waals surface area contributed by atoms with Crippen LogP contribution in [0.1, 0.15) is 31.0 Å². The molecule has 4 unspecified atom stereocenters. The number of hydrogen-bond acceptors (Lipinski definition) is 3. The Labute approximate surface area is 122 Å². The highest BCUT2D eigenvalue weighted by Crippen LogP contribution is 2.39. The fourth-order valence-electron chi connectivity index (χ4n) is 3.86. The first-order chi connectivity index (χ1) is 9.63. The van der Waals surface area contributed by atoms with Crippen LogP contribution in [-0.4, -0.2) is 38.2 Å². The molecule has 0 radical (unpaired) electrons. The largest absolute Gasteiger partial charge is 0.497 e. The highest BCUT2D eigenvalue weighted by molar-refractivity contribution is 5.42. The minimum atomic E-state index is 0.428. The Balaban J connectivity index is 1.85. The van der Waals surface area contributed by atoms with Crippen LogP contribution in [0.25, 0.3) is 0 Å². The minimum absolute atomic E-state index is 0.428. The quantitative estimate of drug-likeness (QED) is 0.916. The van der Waals surface area contributed by atoms with Crippen LogP contribution in [0.5, 0.6) is 5.75 Å². The summed E-state index contributed by atoms with van der Waals surface area (Å²) >= 11 is 0. The van der Waals surface area contributed by atoms with Crippen LogP contribution >= 0.6 is 0 Å². The molecule has 0 bridgehead atoms. The van der Waals surface area contributed by atoms with Gasteiger partial charge in [0.25, 0.3) is 0 Å². The van der Waals surface area contributed by atoms with Gasteiger partial charge in [-0.2, -0.15) is 0 Å². The Kier molecular flexibility index (Phi) is 3.74. The number of likely N-dealkylation sites (N-methyl/N-ethyl adjacent to an activating group) is 1. The number of benzene rings is 1. The molecule has 1 saturated heterocycles. The fraction of sp³-hybridized carbons (Fsp3) is 0.647. The standard InChI is InChI=1S/C17H26N2O/c1-11-9-19(10-12(11)2)16-7-13-5-6-14(20-4)8-15(13)17(16)18-3/h5-6,8,11-12,16-18H,7,9-10H2,1-4H3. The molecule has 3 heteroatoms. The lowest BCUT2D eigenvalue weighted by molar-refractivity contribution is 0.199. The van der Waals surface area contributed by atoms with Gasteiger partial charge in [-0.05, 0) is 48.6 Å². The number of rotatable bonds is 3. The zero-order chi connectivity index (χ0) is 14.3. The summed E-state index contributed by atoms with van der Waals surface area (Å²) in [7, 11) is 3.82. The van der Waals surface area contributed by atoms with Crippen LogP contribution in [0.2, 0.25) is 0 Å². The van der Waals surface area contributed by atoms with Crippen molar-refractivity contribution in [2.24, 2.45) is 11.8 Å². The van der Waals surface area contributed by atoms with Crippen molar-refractivity contribution in [1.29, 1.82) is 0 Å². The molecule has 0 amide bonds. The van der Waals surface area contributed by atoms with Crippen LogP contribution < -0.4 is 10.1 Å². The van der Waals surface area contributed by atoms with E-state index in [4.69, 9.17) is 4.74 Å². The van der Waals surface area contributed by atoms with Gasteiger partial charge in [-0.3, -0.25) is 4.90 Å². The molecule has 3 rings (SSSR count). The zero-order valence-corrected chi connectivity index (χ0v) is 13.0. The van der Waals surface area contributed by atoms with Crippen molar-refractivity contribution < 1.29 is 4.74 Å². The molecule has 1 aromatic rings. The zero-order valence-electron chi connectivity index (χ0n) is 13.0. The normalized spacial score (nSPS) is 33.4. The first-order valence-electron chi connectivity index (χ1n) is 7.72. The number of hydrogen-bond donors (Lipinski definition) is 1. The molecule has 1 fully saturated rings. The van der Waals surface area contributed by atoms with E-state index in [2.05, 4.69) is 49.3 Å². The minimum Gasteiger partial charge on any atom is -0.497 e. The number of fused-ring (bicyclic) bond motifs is 1. The highest BCUT2D eigenvalue weighted by atomic mass is 16.5. The molecule has 0 spiro atoms. The van der Waals surface area contributed by atoms with E-state index in [-0.39, 0.29) is 0 Å². The van der Waals surface area contributed by atoms with E-state index in [0.29, 0.717) is 12.1 Å². The van der Waals surface area contributed by atoms with E-state index < -0.39 is 0 Å². The molecule has 1 N–H and O–H groups in total. The molecule has 0 saturated carbocycles. The van der Waals surface area contributed by atoms with Crippen molar-refractivity contribution in [1.82, 2.24) is 10.2 Å². The molecule has 4 atom stereocenters. The van der Waals surface area contributed by atoms with E-state index in [9.17, 15) is 0 Å². The van der Waals surface area contributed by atoms with E-state index in [1.54, 1.807) is 7.11 Å². The third-order valence-electron chi connectivity index (χ3n) is 5.30. The summed E-state index contributed by atoms with van der Waals surface area (Å²) in [5, 5.41) is 3.53. The van der Waals surface area contributed by atoms with Crippen molar-refractivity contribution in [3.05, 3.63) is 29.3 Å². The van der Waals surface area contributed by atoms with Gasteiger partial charge in [-0.15, -0.1) is 0 Å². The molecule has 1 aliphatic carbocycles. The van der Waals surface area contributed by atoms with E-state index in [1.165, 1.54) is 24.2 Å². The average Bonchev–Trinajstić information content (AvgIpc) is 2.98. The summed E-state index contributed by atoms with van der Waals surface area (Å²) in [5.74, 6) is 2.59. The maximum Gasteiger partial charge on any atom is 0.119 e. The third-order valence-corrected chi connectivity index (χ3v) is 5.30. The summed E-state index contributed by atoms with van der Waals surface area (Å²) in [6.45, 7) is 7.22. The van der Waals surface area contributed by atoms with Crippen LogP contribution in [0.15, 0.2) is 18.2 Å². The number of methoxy groups -OCH3 is 1. The predicted molar refractivity (Wildman–Crippen MR) is 82.2 cm³/mol. The second-order valence-electron chi connectivity index (χ2n) is 6.51. The van der Waals surface area contributed by atoms with Gasteiger partial charge in [0.15, 0.2) is 0 Å². The highest BCUT2D eigenvalue weighted by Gasteiger charge is 2.39. The topological polar surface area (TPSA) is 24.5 Å². The molecule has 1 aromatic carbocycles. The fourth-order valence-corrected chi connectivity index (χ4v) is 3.86. The van der Waals surface area contributed by atoms with Gasteiger partial charge in [-0.25, -0.2) is 0 Å². The number of ether oxygens (including phenoxy) is 1. The first-order valence-corrected chi connectivity index (χ1v) is 7.72. The summed E-state index contributed by atoms with van der Waals surface area (Å²) in [6, 6.07) is 7.55. The van der Waals surface area contributed by atoms with E-state index >= 15 is 0 Å². The van der Waals surface area contributed by atoms with Crippen molar-refractivity contribution >= 4 is 0 Å². The summed E-state index contributed by atoms with van der Waals surface area (Å²) in [6.07, 6.45) is 1.16. The first kappa shape index (κ1) is 13.9. The second-order valence-corrected chi connectivity index (χ2v) is 6.51. The summed E-state index contributed by atoms with van der Waals surface area (Å²) in [5.41, 5.74) is 2.89. The van der Waals surface area contributed by atoms with Crippen molar-refractivity contribution in [3.63, 3.8) is 0 Å². The predicted octanol–water partition coefficient (Wildman–Crippen LogP) is 2.47. The van der Waals surface area contributed by atoms with Crippen LogP contribution in [0.3, 0.4) is 0 Å². The van der Waals surface area contributed by atoms with Crippen molar-refractivity contribution in [3.8, 4) is 5.75 Å². The number of likely N-dealkylation sites (tertiary alicyclic amines) is 1. The van der Waals surface area contributed by atoms with Crippen LogP contribution in [-0.2, 0) is 6.42 Å². The molecule has 1 aliphatic heterocycles. The van der Waals surface area contributed by atoms with Crippen LogP contribution in [0.4, 0.5) is 0 Å².